The molecule has 216 valence electrons. The topological polar surface area (TPSA) is 73.8 Å². The molecule has 0 aliphatic carbocycles. The summed E-state index contributed by atoms with van der Waals surface area (Å²) in [6, 6.07) is 27.3. The molecule has 0 aliphatic heterocycles. The van der Waals surface area contributed by atoms with Crippen LogP contribution in [0.5, 0.6) is 0 Å². The molecule has 5 nitrogen and oxygen atoms in total. The lowest BCUT2D eigenvalue weighted by atomic mass is 9.87. The molecule has 2 N–H and O–H groups in total. The van der Waals surface area contributed by atoms with Gasteiger partial charge in [-0.25, -0.2) is 0 Å². The number of fused-ring (bicyclic) bond motifs is 1. The molecule has 42 heavy (non-hydrogen) atoms. The number of benzene rings is 2. The van der Waals surface area contributed by atoms with Crippen molar-refractivity contribution < 1.29 is 4.79 Å². The van der Waals surface area contributed by atoms with Crippen LogP contribution in [0.3, 0.4) is 0 Å². The van der Waals surface area contributed by atoms with Gasteiger partial charge in [0.1, 0.15) is 0 Å². The first kappa shape index (κ1) is 29.9. The molecule has 0 unspecified atom stereocenters. The smallest absolute Gasteiger partial charge is 0.223 e. The summed E-state index contributed by atoms with van der Waals surface area (Å²) in [4.78, 5) is 23.9. The van der Waals surface area contributed by atoms with E-state index in [0.29, 0.717) is 13.0 Å². The van der Waals surface area contributed by atoms with Gasteiger partial charge in [-0.3, -0.25) is 14.8 Å². The number of nitrogens with two attached hydrogens (primary N) is 1. The van der Waals surface area contributed by atoms with Crippen LogP contribution in [-0.4, -0.2) is 25.2 Å². The van der Waals surface area contributed by atoms with E-state index in [1.807, 2.05) is 68.3 Å². The van der Waals surface area contributed by atoms with Gasteiger partial charge in [0.25, 0.3) is 0 Å². The number of nitrogens with zero attached hydrogens (tertiary/aromatic N) is 3. The predicted molar refractivity (Wildman–Crippen MR) is 177 cm³/mol. The van der Waals surface area contributed by atoms with E-state index in [2.05, 4.69) is 83.8 Å². The third-order valence-electron chi connectivity index (χ3n) is 7.14. The van der Waals surface area contributed by atoms with Crippen molar-refractivity contribution in [2.45, 2.75) is 67.9 Å². The number of rotatable bonds is 10. The fourth-order valence-corrected chi connectivity index (χ4v) is 6.90. The van der Waals surface area contributed by atoms with Crippen molar-refractivity contribution in [3.8, 4) is 11.3 Å². The van der Waals surface area contributed by atoms with E-state index < -0.39 is 5.41 Å². The first-order valence-electron chi connectivity index (χ1n) is 14.2. The van der Waals surface area contributed by atoms with Crippen LogP contribution in [-0.2, 0) is 23.5 Å². The molecular weight excluding hydrogens is 557 g/mol. The number of primary amides is 1. The Morgan fingerprint density at radius 1 is 0.881 bits per heavy atom. The number of carbonyl (C=O) groups excluding carboxylic acids is 1. The van der Waals surface area contributed by atoms with Crippen LogP contribution < -0.4 is 5.73 Å². The molecule has 0 atom stereocenters. The van der Waals surface area contributed by atoms with Gasteiger partial charge < -0.3 is 10.3 Å². The normalized spacial score (nSPS) is 12.1. The van der Waals surface area contributed by atoms with Gasteiger partial charge in [0.2, 0.25) is 5.91 Å². The molecule has 0 aliphatic rings. The molecule has 5 aromatic rings. The number of hydrogen-bond donors (Lipinski definition) is 1. The molecule has 3 heterocycles. The Kier molecular flexibility index (Phi) is 8.81. The molecule has 0 saturated carbocycles. The van der Waals surface area contributed by atoms with Gasteiger partial charge in [-0.15, -0.1) is 23.5 Å². The number of amides is 1. The van der Waals surface area contributed by atoms with Crippen molar-refractivity contribution in [1.29, 1.82) is 0 Å². The highest BCUT2D eigenvalue weighted by Gasteiger charge is 2.31. The monoisotopic (exact) mass is 594 g/mol. The maximum Gasteiger partial charge on any atom is 0.223 e. The van der Waals surface area contributed by atoms with Gasteiger partial charge in [0.15, 0.2) is 0 Å². The molecule has 1 amide bonds. The van der Waals surface area contributed by atoms with Crippen molar-refractivity contribution in [2.75, 3.05) is 0 Å². The van der Waals surface area contributed by atoms with E-state index in [1.54, 1.807) is 11.8 Å². The Labute approximate surface area is 257 Å². The Morgan fingerprint density at radius 3 is 2.21 bits per heavy atom. The third kappa shape index (κ3) is 7.08. The SMILES string of the molecule is CC(C)(C)Sc1c(CC(C)(C)C(N)=O)n(Cc2ccc(-c3ccccn3)cc2)c2ccc(SCc3ccccn3)cc12. The highest BCUT2D eigenvalue weighted by Crippen LogP contribution is 2.44. The first-order valence-corrected chi connectivity index (χ1v) is 16.0. The van der Waals surface area contributed by atoms with Gasteiger partial charge in [0, 0.05) is 73.2 Å². The number of thioether (sulfide) groups is 2. The highest BCUT2D eigenvalue weighted by atomic mass is 32.2. The van der Waals surface area contributed by atoms with E-state index >= 15 is 0 Å². The van der Waals surface area contributed by atoms with Gasteiger partial charge in [-0.1, -0.05) is 71.0 Å². The molecule has 0 bridgehead atoms. The molecule has 3 aromatic heterocycles. The van der Waals surface area contributed by atoms with E-state index in [0.717, 1.165) is 33.9 Å². The van der Waals surface area contributed by atoms with Crippen LogP contribution in [0.1, 0.15) is 51.6 Å². The van der Waals surface area contributed by atoms with Crippen LogP contribution in [0, 0.1) is 5.41 Å². The van der Waals surface area contributed by atoms with Gasteiger partial charge in [-0.2, -0.15) is 0 Å². The van der Waals surface area contributed by atoms with E-state index in [9.17, 15) is 4.79 Å². The van der Waals surface area contributed by atoms with Crippen molar-refractivity contribution in [3.63, 3.8) is 0 Å². The lowest BCUT2D eigenvalue weighted by Crippen LogP contribution is -2.34. The van der Waals surface area contributed by atoms with Crippen LogP contribution in [0.2, 0.25) is 0 Å². The molecule has 0 spiro atoms. The van der Waals surface area contributed by atoms with Crippen LogP contribution >= 0.6 is 23.5 Å². The Balaban J connectivity index is 1.59. The lowest BCUT2D eigenvalue weighted by molar-refractivity contribution is -0.126. The average Bonchev–Trinajstić information content (AvgIpc) is 3.22. The van der Waals surface area contributed by atoms with Crippen molar-refractivity contribution in [1.82, 2.24) is 14.5 Å². The Hall–Kier alpha value is -3.55. The highest BCUT2D eigenvalue weighted by molar-refractivity contribution is 8.01. The van der Waals surface area contributed by atoms with E-state index in [1.165, 1.54) is 20.7 Å². The zero-order valence-electron chi connectivity index (χ0n) is 24.9. The minimum Gasteiger partial charge on any atom is -0.369 e. The zero-order chi connectivity index (χ0) is 29.9. The fourth-order valence-electron chi connectivity index (χ4n) is 4.87. The molecule has 5 rings (SSSR count). The largest absolute Gasteiger partial charge is 0.369 e. The summed E-state index contributed by atoms with van der Waals surface area (Å²) >= 11 is 3.65. The number of hydrogen-bond acceptors (Lipinski definition) is 5. The Morgan fingerprint density at radius 2 is 1.60 bits per heavy atom. The lowest BCUT2D eigenvalue weighted by Gasteiger charge is -2.25. The quantitative estimate of drug-likeness (QED) is 0.164. The molecule has 2 aromatic carbocycles. The van der Waals surface area contributed by atoms with Crippen molar-refractivity contribution in [2.24, 2.45) is 11.1 Å². The standard InChI is InChI=1S/C35H38N4OS2/c1-34(2,3)42-32-28-20-27(41-23-26-10-6-8-18-37-26)16-17-30(28)39(31(32)21-35(4,5)33(36)40)22-24-12-14-25(15-13-24)29-11-7-9-19-38-29/h6-20H,21-23H2,1-5H3,(H2,36,40). The van der Waals surface area contributed by atoms with Crippen LogP contribution in [0.25, 0.3) is 22.2 Å². The summed E-state index contributed by atoms with van der Waals surface area (Å²) < 4.78 is 2.36. The summed E-state index contributed by atoms with van der Waals surface area (Å²) in [6.45, 7) is 11.3. The predicted octanol–water partition coefficient (Wildman–Crippen LogP) is 8.38. The average molecular weight is 595 g/mol. The van der Waals surface area contributed by atoms with Gasteiger partial charge >= 0.3 is 0 Å². The molecular formula is C35H38N4OS2. The number of pyridine rings is 2. The zero-order valence-corrected chi connectivity index (χ0v) is 26.6. The summed E-state index contributed by atoms with van der Waals surface area (Å²) in [5.41, 5.74) is 11.8. The molecule has 7 heteroatoms. The van der Waals surface area contributed by atoms with Gasteiger partial charge in [0.05, 0.1) is 11.4 Å². The second-order valence-corrected chi connectivity index (χ2v) is 15.1. The van der Waals surface area contributed by atoms with Crippen LogP contribution in [0.4, 0.5) is 0 Å². The summed E-state index contributed by atoms with van der Waals surface area (Å²) in [5, 5.41) is 1.21. The Bertz CT molecular complexity index is 1670. The number of carbonyl (C=O) groups is 1. The third-order valence-corrected chi connectivity index (χ3v) is 9.44. The minimum absolute atomic E-state index is 0.0217. The fraction of sp³-hybridized carbons (Fsp3) is 0.286. The molecule has 0 radical (unpaired) electrons. The van der Waals surface area contributed by atoms with Crippen molar-refractivity contribution in [3.05, 3.63) is 108 Å². The van der Waals surface area contributed by atoms with E-state index in [4.69, 9.17) is 5.73 Å². The summed E-state index contributed by atoms with van der Waals surface area (Å²) in [5.74, 6) is 0.510. The molecule has 0 saturated heterocycles. The summed E-state index contributed by atoms with van der Waals surface area (Å²) in [7, 11) is 0. The first-order chi connectivity index (χ1) is 20.0. The maximum absolute atomic E-state index is 12.5. The molecule has 0 fully saturated rings. The van der Waals surface area contributed by atoms with Crippen LogP contribution in [0.15, 0.2) is 101 Å². The second kappa shape index (κ2) is 12.4. The van der Waals surface area contributed by atoms with E-state index in [-0.39, 0.29) is 10.7 Å². The number of aromatic nitrogens is 3. The van der Waals surface area contributed by atoms with Crippen molar-refractivity contribution >= 4 is 40.3 Å². The minimum atomic E-state index is -0.696. The summed E-state index contributed by atoms with van der Waals surface area (Å²) in [6.07, 6.45) is 4.21. The maximum atomic E-state index is 12.5. The second-order valence-electron chi connectivity index (χ2n) is 12.2. The van der Waals surface area contributed by atoms with Gasteiger partial charge in [-0.05, 0) is 48.0 Å².